The van der Waals surface area contributed by atoms with Gasteiger partial charge in [-0.3, -0.25) is 14.5 Å². The Morgan fingerprint density at radius 3 is 2.79 bits per heavy atom. The molecule has 7 nitrogen and oxygen atoms in total. The van der Waals surface area contributed by atoms with E-state index in [1.165, 1.54) is 25.7 Å². The Balaban J connectivity index is 1.12. The topological polar surface area (TPSA) is 79.9 Å². The van der Waals surface area contributed by atoms with Gasteiger partial charge in [0.15, 0.2) is 0 Å². The maximum absolute atomic E-state index is 13.0. The van der Waals surface area contributed by atoms with Crippen molar-refractivity contribution in [2.45, 2.75) is 83.5 Å². The molecule has 1 amide bonds. The quantitative estimate of drug-likeness (QED) is 0.448. The van der Waals surface area contributed by atoms with E-state index in [9.17, 15) is 9.59 Å². The third kappa shape index (κ3) is 4.83. The molecule has 9 unspecified atom stereocenters. The van der Waals surface area contributed by atoms with E-state index in [0.29, 0.717) is 43.2 Å². The number of hydrogen-bond donors (Lipinski definition) is 2. The second-order valence-corrected chi connectivity index (χ2v) is 11.4. The molecule has 5 aliphatic rings. The van der Waals surface area contributed by atoms with Crippen LogP contribution in [0.2, 0.25) is 0 Å². The van der Waals surface area contributed by atoms with Crippen LogP contribution < -0.4 is 10.6 Å². The van der Waals surface area contributed by atoms with E-state index in [1.54, 1.807) is 0 Å². The Morgan fingerprint density at radius 2 is 1.97 bits per heavy atom. The second-order valence-electron chi connectivity index (χ2n) is 11.4. The number of nitrogens with one attached hydrogen (secondary N) is 2. The Morgan fingerprint density at radius 1 is 1.12 bits per heavy atom. The number of rotatable bonds is 7. The average Bonchev–Trinajstić information content (AvgIpc) is 3.46. The Kier molecular flexibility index (Phi) is 7.29. The summed E-state index contributed by atoms with van der Waals surface area (Å²) in [6.45, 7) is 9.27. The van der Waals surface area contributed by atoms with Gasteiger partial charge in [-0.15, -0.1) is 0 Å². The van der Waals surface area contributed by atoms with Gasteiger partial charge in [0.1, 0.15) is 6.10 Å². The lowest BCUT2D eigenvalue weighted by Crippen LogP contribution is -2.55. The molecule has 3 aliphatic heterocycles. The van der Waals surface area contributed by atoms with Crippen molar-refractivity contribution >= 4 is 11.9 Å². The number of fused-ring (bicyclic) bond motifs is 4. The molecule has 0 aromatic heterocycles. The van der Waals surface area contributed by atoms with E-state index in [2.05, 4.69) is 29.4 Å². The maximum atomic E-state index is 13.0. The fourth-order valence-electron chi connectivity index (χ4n) is 7.65. The molecule has 0 spiro atoms. The molecule has 2 aliphatic carbocycles. The van der Waals surface area contributed by atoms with Gasteiger partial charge in [-0.05, 0) is 49.9 Å². The number of amides is 1. The third-order valence-corrected chi connectivity index (χ3v) is 9.52. The largest absolute Gasteiger partial charge is 0.461 e. The first-order chi connectivity index (χ1) is 16.0. The van der Waals surface area contributed by atoms with Gasteiger partial charge in [-0.1, -0.05) is 26.7 Å². The zero-order valence-corrected chi connectivity index (χ0v) is 20.5. The SMILES string of the molecule is CC1C(CCC(=O)NCCCN2CCNC2)C(=O)OC2C(C)C3OC4CCCCC4C3CC12. The van der Waals surface area contributed by atoms with E-state index >= 15 is 0 Å². The first-order valence-electron chi connectivity index (χ1n) is 13.6. The van der Waals surface area contributed by atoms with Crippen molar-refractivity contribution in [3.8, 4) is 0 Å². The summed E-state index contributed by atoms with van der Waals surface area (Å²) in [5.41, 5.74) is 0. The summed E-state index contributed by atoms with van der Waals surface area (Å²) >= 11 is 0. The number of carbonyl (C=O) groups is 2. The van der Waals surface area contributed by atoms with Crippen LogP contribution in [0, 0.1) is 35.5 Å². The molecule has 0 radical (unpaired) electrons. The molecule has 3 heterocycles. The zero-order chi connectivity index (χ0) is 22.9. The van der Waals surface area contributed by atoms with Crippen LogP contribution >= 0.6 is 0 Å². The van der Waals surface area contributed by atoms with Crippen LogP contribution in [0.4, 0.5) is 0 Å². The molecule has 186 valence electrons. The predicted molar refractivity (Wildman–Crippen MR) is 125 cm³/mol. The Hall–Kier alpha value is -1.18. The van der Waals surface area contributed by atoms with Gasteiger partial charge in [0.25, 0.3) is 0 Å². The highest BCUT2D eigenvalue weighted by Crippen LogP contribution is 2.54. The van der Waals surface area contributed by atoms with E-state index in [4.69, 9.17) is 9.47 Å². The summed E-state index contributed by atoms with van der Waals surface area (Å²) in [7, 11) is 0. The van der Waals surface area contributed by atoms with E-state index in [-0.39, 0.29) is 41.8 Å². The molecule has 9 atom stereocenters. The summed E-state index contributed by atoms with van der Waals surface area (Å²) in [4.78, 5) is 27.8. The molecule has 0 bridgehead atoms. The van der Waals surface area contributed by atoms with Gasteiger partial charge in [-0.2, -0.15) is 0 Å². The number of nitrogens with zero attached hydrogens (tertiary/aromatic N) is 1. The van der Waals surface area contributed by atoms with Crippen molar-refractivity contribution in [1.82, 2.24) is 15.5 Å². The maximum Gasteiger partial charge on any atom is 0.309 e. The van der Waals surface area contributed by atoms with Crippen molar-refractivity contribution in [2.24, 2.45) is 35.5 Å². The fraction of sp³-hybridized carbons (Fsp3) is 0.923. The molecule has 3 saturated heterocycles. The van der Waals surface area contributed by atoms with Gasteiger partial charge in [0, 0.05) is 51.1 Å². The minimum atomic E-state index is -0.166. The van der Waals surface area contributed by atoms with Crippen LogP contribution in [0.3, 0.4) is 0 Å². The van der Waals surface area contributed by atoms with E-state index < -0.39 is 0 Å². The van der Waals surface area contributed by atoms with Crippen LogP contribution in [-0.4, -0.2) is 67.9 Å². The first kappa shape index (κ1) is 23.6. The van der Waals surface area contributed by atoms with Crippen LogP contribution in [0.5, 0.6) is 0 Å². The van der Waals surface area contributed by atoms with Gasteiger partial charge < -0.3 is 20.1 Å². The number of carbonyl (C=O) groups excluding carboxylic acids is 2. The fourth-order valence-corrected chi connectivity index (χ4v) is 7.65. The molecular formula is C26H43N3O4. The molecular weight excluding hydrogens is 418 g/mol. The molecule has 7 heteroatoms. The summed E-state index contributed by atoms with van der Waals surface area (Å²) < 4.78 is 12.6. The number of ether oxygens (including phenoxy) is 2. The highest BCUT2D eigenvalue weighted by molar-refractivity contribution is 5.78. The molecule has 5 fully saturated rings. The number of hydrogen-bond acceptors (Lipinski definition) is 6. The molecule has 33 heavy (non-hydrogen) atoms. The lowest BCUT2D eigenvalue weighted by Gasteiger charge is -2.50. The van der Waals surface area contributed by atoms with Crippen LogP contribution in [0.15, 0.2) is 0 Å². The summed E-state index contributed by atoms with van der Waals surface area (Å²) in [6, 6.07) is 0. The molecule has 2 saturated carbocycles. The van der Waals surface area contributed by atoms with Crippen molar-refractivity contribution < 1.29 is 19.1 Å². The average molecular weight is 462 g/mol. The first-order valence-corrected chi connectivity index (χ1v) is 13.6. The van der Waals surface area contributed by atoms with Gasteiger partial charge in [-0.25, -0.2) is 0 Å². The molecule has 0 aromatic rings. The highest BCUT2D eigenvalue weighted by atomic mass is 16.6. The van der Waals surface area contributed by atoms with Gasteiger partial charge in [0.2, 0.25) is 5.91 Å². The highest BCUT2D eigenvalue weighted by Gasteiger charge is 2.57. The number of esters is 1. The van der Waals surface area contributed by atoms with Crippen molar-refractivity contribution in [1.29, 1.82) is 0 Å². The zero-order valence-electron chi connectivity index (χ0n) is 20.5. The minimum absolute atomic E-state index is 0.0287. The molecule has 0 aromatic carbocycles. The van der Waals surface area contributed by atoms with Gasteiger partial charge >= 0.3 is 5.97 Å². The van der Waals surface area contributed by atoms with Crippen molar-refractivity contribution in [3.05, 3.63) is 0 Å². The lowest BCUT2D eigenvalue weighted by atomic mass is 9.60. The monoisotopic (exact) mass is 461 g/mol. The van der Waals surface area contributed by atoms with Gasteiger partial charge in [0.05, 0.1) is 18.1 Å². The smallest absolute Gasteiger partial charge is 0.309 e. The minimum Gasteiger partial charge on any atom is -0.461 e. The Labute approximate surface area is 198 Å². The standard InChI is InChI=1S/C26H43N3O4/c1-16-18(8-9-23(30)28-10-5-12-29-13-11-27-15-29)26(31)33-24-17(2)25-21(14-20(16)24)19-6-3-4-7-22(19)32-25/h16-22,24-25,27H,3-15H2,1-2H3,(H,28,30). The van der Waals surface area contributed by atoms with Crippen LogP contribution in [0.25, 0.3) is 0 Å². The second kappa shape index (κ2) is 10.2. The summed E-state index contributed by atoms with van der Waals surface area (Å²) in [6.07, 6.45) is 8.82. The Bertz CT molecular complexity index is 712. The van der Waals surface area contributed by atoms with Crippen molar-refractivity contribution in [3.63, 3.8) is 0 Å². The summed E-state index contributed by atoms with van der Waals surface area (Å²) in [5, 5.41) is 6.37. The van der Waals surface area contributed by atoms with Crippen LogP contribution in [0.1, 0.15) is 65.2 Å². The summed E-state index contributed by atoms with van der Waals surface area (Å²) in [5.74, 6) is 2.02. The lowest BCUT2D eigenvalue weighted by molar-refractivity contribution is -0.193. The molecule has 5 rings (SSSR count). The third-order valence-electron chi connectivity index (χ3n) is 9.52. The normalized spacial score (nSPS) is 42.8. The predicted octanol–water partition coefficient (Wildman–Crippen LogP) is 2.54. The van der Waals surface area contributed by atoms with Crippen molar-refractivity contribution in [2.75, 3.05) is 32.8 Å². The van der Waals surface area contributed by atoms with E-state index in [1.807, 2.05) is 0 Å². The van der Waals surface area contributed by atoms with E-state index in [0.717, 1.165) is 39.1 Å². The van der Waals surface area contributed by atoms with Crippen LogP contribution in [-0.2, 0) is 19.1 Å². The molecule has 2 N–H and O–H groups in total.